The van der Waals surface area contributed by atoms with Gasteiger partial charge in [0.05, 0.1) is 18.6 Å². The average Bonchev–Trinajstić information content (AvgIpc) is 2.51. The van der Waals surface area contributed by atoms with Crippen LogP contribution in [0.1, 0.15) is 11.3 Å². The van der Waals surface area contributed by atoms with Gasteiger partial charge in [0.1, 0.15) is 0 Å². The molecule has 14 heavy (non-hydrogen) atoms. The number of ether oxygens (including phenoxy) is 1. The minimum absolute atomic E-state index is 0.291. The summed E-state index contributed by atoms with van der Waals surface area (Å²) >= 11 is 5.33. The van der Waals surface area contributed by atoms with Crippen molar-refractivity contribution in [1.82, 2.24) is 5.32 Å². The molecule has 1 fully saturated rings. The van der Waals surface area contributed by atoms with E-state index in [1.807, 2.05) is 18.4 Å². The molecule has 2 nitrogen and oxygen atoms in total. The van der Waals surface area contributed by atoms with Crippen molar-refractivity contribution >= 4 is 27.3 Å². The largest absolute Gasteiger partial charge is 0.379 e. The van der Waals surface area contributed by atoms with Crippen LogP contribution in [0.25, 0.3) is 0 Å². The molecule has 1 aromatic heterocycles. The van der Waals surface area contributed by atoms with Gasteiger partial charge in [-0.25, -0.2) is 0 Å². The molecule has 0 saturated carbocycles. The molecule has 0 radical (unpaired) electrons. The summed E-state index contributed by atoms with van der Waals surface area (Å²) in [5.41, 5.74) is 0.291. The lowest BCUT2D eigenvalue weighted by Gasteiger charge is -2.41. The van der Waals surface area contributed by atoms with Gasteiger partial charge in [0.25, 0.3) is 0 Å². The monoisotopic (exact) mass is 275 g/mol. The van der Waals surface area contributed by atoms with Crippen molar-refractivity contribution in [3.63, 3.8) is 0 Å². The fourth-order valence-corrected chi connectivity index (χ4v) is 3.35. The molecule has 0 spiro atoms. The van der Waals surface area contributed by atoms with Crippen LogP contribution in [0.15, 0.2) is 15.9 Å². The Labute approximate surface area is 96.8 Å². The van der Waals surface area contributed by atoms with E-state index in [1.165, 1.54) is 9.35 Å². The second kappa shape index (κ2) is 4.31. The quantitative estimate of drug-likeness (QED) is 0.911. The maximum absolute atomic E-state index is 5.36. The van der Waals surface area contributed by atoms with Gasteiger partial charge in [-0.1, -0.05) is 0 Å². The Kier molecular flexibility index (Phi) is 3.27. The van der Waals surface area contributed by atoms with Crippen LogP contribution in [0.2, 0.25) is 0 Å². The number of thiophene rings is 1. The van der Waals surface area contributed by atoms with Crippen LogP contribution in [0.5, 0.6) is 0 Å². The second-order valence-electron chi connectivity index (χ2n) is 3.76. The van der Waals surface area contributed by atoms with Crippen molar-refractivity contribution in [2.75, 3.05) is 26.8 Å². The second-order valence-corrected chi connectivity index (χ2v) is 5.58. The number of hydrogen-bond donors (Lipinski definition) is 1. The maximum Gasteiger partial charge on any atom is 0.0594 e. The fraction of sp³-hybridized carbons (Fsp3) is 0.600. The molecular formula is C10H14BrNOS. The molecule has 0 aliphatic carbocycles. The zero-order chi connectivity index (χ0) is 10.0. The average molecular weight is 276 g/mol. The van der Waals surface area contributed by atoms with Crippen LogP contribution < -0.4 is 5.32 Å². The summed E-state index contributed by atoms with van der Waals surface area (Å²) in [7, 11) is 2.00. The summed E-state index contributed by atoms with van der Waals surface area (Å²) in [5.74, 6) is 0. The Morgan fingerprint density at radius 2 is 2.43 bits per heavy atom. The van der Waals surface area contributed by atoms with Crippen LogP contribution in [0.4, 0.5) is 0 Å². The highest BCUT2D eigenvalue weighted by atomic mass is 79.9. The van der Waals surface area contributed by atoms with Crippen LogP contribution in [-0.2, 0) is 10.2 Å². The lowest BCUT2D eigenvalue weighted by Crippen LogP contribution is -2.47. The first-order valence-corrected chi connectivity index (χ1v) is 6.41. The van der Waals surface area contributed by atoms with Crippen LogP contribution in [0.3, 0.4) is 0 Å². The molecule has 1 N–H and O–H groups in total. The molecule has 0 aromatic carbocycles. The molecule has 2 heterocycles. The molecule has 4 heteroatoms. The molecule has 1 aliphatic rings. The Balaban J connectivity index is 2.11. The number of halogens is 1. The first-order valence-electron chi connectivity index (χ1n) is 4.74. The van der Waals surface area contributed by atoms with Gasteiger partial charge in [-0.2, -0.15) is 0 Å². The lowest BCUT2D eigenvalue weighted by atomic mass is 9.81. The van der Waals surface area contributed by atoms with Crippen LogP contribution in [-0.4, -0.2) is 26.8 Å². The zero-order valence-corrected chi connectivity index (χ0v) is 10.6. The topological polar surface area (TPSA) is 21.3 Å². The fourth-order valence-electron chi connectivity index (χ4n) is 1.71. The normalized spacial score (nSPS) is 19.3. The van der Waals surface area contributed by atoms with Crippen LogP contribution >= 0.6 is 27.3 Å². The van der Waals surface area contributed by atoms with E-state index in [9.17, 15) is 0 Å². The van der Waals surface area contributed by atoms with Crippen molar-refractivity contribution in [3.8, 4) is 0 Å². The van der Waals surface area contributed by atoms with E-state index >= 15 is 0 Å². The van der Waals surface area contributed by atoms with E-state index in [-0.39, 0.29) is 0 Å². The molecule has 0 unspecified atom stereocenters. The Morgan fingerprint density at radius 3 is 2.86 bits per heavy atom. The first-order chi connectivity index (χ1) is 6.77. The van der Waals surface area contributed by atoms with Crippen LogP contribution in [0, 0.1) is 0 Å². The molecule has 0 amide bonds. The van der Waals surface area contributed by atoms with Gasteiger partial charge in [0.2, 0.25) is 0 Å². The number of nitrogens with one attached hydrogen (secondary N) is 1. The number of hydrogen-bond acceptors (Lipinski definition) is 3. The van der Waals surface area contributed by atoms with Crippen molar-refractivity contribution in [2.45, 2.75) is 11.8 Å². The highest BCUT2D eigenvalue weighted by Gasteiger charge is 2.40. The van der Waals surface area contributed by atoms with Gasteiger partial charge in [0, 0.05) is 14.7 Å². The summed E-state index contributed by atoms with van der Waals surface area (Å²) < 4.78 is 6.55. The van der Waals surface area contributed by atoms with Gasteiger partial charge in [0.15, 0.2) is 0 Å². The van der Waals surface area contributed by atoms with Gasteiger partial charge in [-0.05, 0) is 42.0 Å². The maximum atomic E-state index is 5.36. The van der Waals surface area contributed by atoms with E-state index in [0.29, 0.717) is 5.41 Å². The first kappa shape index (κ1) is 10.6. The lowest BCUT2D eigenvalue weighted by molar-refractivity contribution is -0.0619. The molecule has 1 aromatic rings. The molecule has 1 aliphatic heterocycles. The van der Waals surface area contributed by atoms with Gasteiger partial charge in [-0.15, -0.1) is 11.3 Å². The third-order valence-electron chi connectivity index (χ3n) is 2.70. The van der Waals surface area contributed by atoms with Crippen molar-refractivity contribution < 1.29 is 4.74 Å². The standard InChI is InChI=1S/C10H14BrNOS/c1-12-3-2-10(6-13-7-10)9-4-8(11)5-14-9/h4-5,12H,2-3,6-7H2,1H3. The highest BCUT2D eigenvalue weighted by molar-refractivity contribution is 9.10. The van der Waals surface area contributed by atoms with E-state index < -0.39 is 0 Å². The summed E-state index contributed by atoms with van der Waals surface area (Å²) in [6, 6.07) is 2.23. The van der Waals surface area contributed by atoms with E-state index in [1.54, 1.807) is 0 Å². The smallest absolute Gasteiger partial charge is 0.0594 e. The third kappa shape index (κ3) is 1.89. The summed E-state index contributed by atoms with van der Waals surface area (Å²) in [6.07, 6.45) is 1.16. The Bertz CT molecular complexity index is 309. The van der Waals surface area contributed by atoms with Crippen molar-refractivity contribution in [3.05, 3.63) is 20.8 Å². The van der Waals surface area contributed by atoms with Crippen molar-refractivity contribution in [2.24, 2.45) is 0 Å². The summed E-state index contributed by atoms with van der Waals surface area (Å²) in [5, 5.41) is 5.35. The SMILES string of the molecule is CNCCC1(c2cc(Br)cs2)COC1. The van der Waals surface area contributed by atoms with E-state index in [4.69, 9.17) is 4.74 Å². The van der Waals surface area contributed by atoms with Gasteiger partial charge in [-0.3, -0.25) is 0 Å². The van der Waals surface area contributed by atoms with E-state index in [0.717, 1.165) is 26.2 Å². The minimum atomic E-state index is 0.291. The molecule has 2 rings (SSSR count). The molecule has 0 atom stereocenters. The highest BCUT2D eigenvalue weighted by Crippen LogP contribution is 2.39. The Hall–Kier alpha value is 0.1000. The Morgan fingerprint density at radius 1 is 1.64 bits per heavy atom. The molecule has 0 bridgehead atoms. The predicted molar refractivity (Wildman–Crippen MR) is 63.1 cm³/mol. The third-order valence-corrected chi connectivity index (χ3v) is 4.64. The summed E-state index contributed by atoms with van der Waals surface area (Å²) in [6.45, 7) is 2.81. The van der Waals surface area contributed by atoms with E-state index in [2.05, 4.69) is 32.7 Å². The van der Waals surface area contributed by atoms with Gasteiger partial charge < -0.3 is 10.1 Å². The predicted octanol–water partition coefficient (Wildman–Crippen LogP) is 2.39. The molecule has 78 valence electrons. The summed E-state index contributed by atoms with van der Waals surface area (Å²) in [4.78, 5) is 1.45. The minimum Gasteiger partial charge on any atom is -0.379 e. The molecular weight excluding hydrogens is 262 g/mol. The number of rotatable bonds is 4. The van der Waals surface area contributed by atoms with Crippen molar-refractivity contribution in [1.29, 1.82) is 0 Å². The van der Waals surface area contributed by atoms with Gasteiger partial charge >= 0.3 is 0 Å². The zero-order valence-electron chi connectivity index (χ0n) is 8.18. The molecule has 1 saturated heterocycles.